The number of ether oxygens (including phenoxy) is 1. The van der Waals surface area contributed by atoms with E-state index in [0.717, 1.165) is 12.8 Å². The second-order valence-corrected chi connectivity index (χ2v) is 5.03. The zero-order valence-corrected chi connectivity index (χ0v) is 11.2. The lowest BCUT2D eigenvalue weighted by molar-refractivity contribution is -0.146. The van der Waals surface area contributed by atoms with Crippen molar-refractivity contribution in [2.45, 2.75) is 31.8 Å². The van der Waals surface area contributed by atoms with Crippen LogP contribution in [-0.2, 0) is 14.3 Å². The summed E-state index contributed by atoms with van der Waals surface area (Å²) in [5.41, 5.74) is 0. The van der Waals surface area contributed by atoms with Crippen LogP contribution in [0.15, 0.2) is 0 Å². The summed E-state index contributed by atoms with van der Waals surface area (Å²) in [4.78, 5) is 27.5. The van der Waals surface area contributed by atoms with Crippen LogP contribution in [0.4, 0.5) is 0 Å². The van der Waals surface area contributed by atoms with Crippen LogP contribution < -0.4 is 0 Å². The third kappa shape index (κ3) is 3.67. The average molecular weight is 270 g/mol. The van der Waals surface area contributed by atoms with E-state index in [-0.39, 0.29) is 24.5 Å². The summed E-state index contributed by atoms with van der Waals surface area (Å²) in [7, 11) is 0. The van der Waals surface area contributed by atoms with Crippen molar-refractivity contribution >= 4 is 11.8 Å². The fourth-order valence-electron chi connectivity index (χ4n) is 2.54. The molecule has 2 saturated heterocycles. The number of nitrogens with zero attached hydrogens (tertiary/aromatic N) is 2. The molecule has 1 N–H and O–H groups in total. The molecule has 2 amide bonds. The topological polar surface area (TPSA) is 70.1 Å². The molecule has 1 atom stereocenters. The van der Waals surface area contributed by atoms with Gasteiger partial charge in [-0.25, -0.2) is 0 Å². The maximum absolute atomic E-state index is 12.1. The van der Waals surface area contributed by atoms with E-state index < -0.39 is 0 Å². The Morgan fingerprint density at radius 2 is 1.84 bits per heavy atom. The highest BCUT2D eigenvalue weighted by molar-refractivity contribution is 5.82. The van der Waals surface area contributed by atoms with Crippen LogP contribution in [0.2, 0.25) is 0 Å². The van der Waals surface area contributed by atoms with E-state index in [1.165, 1.54) is 0 Å². The molecule has 0 saturated carbocycles. The number of aliphatic hydroxyl groups excluding tert-OH is 1. The molecule has 108 valence electrons. The molecule has 2 heterocycles. The molecule has 6 nitrogen and oxygen atoms in total. The number of hydrogen-bond donors (Lipinski definition) is 1. The highest BCUT2D eigenvalue weighted by Crippen LogP contribution is 2.16. The predicted octanol–water partition coefficient (Wildman–Crippen LogP) is -0.391. The molecule has 1 unspecified atom stereocenters. The Kier molecular flexibility index (Phi) is 5.15. The number of carbonyl (C=O) groups is 2. The van der Waals surface area contributed by atoms with Crippen LogP contribution in [0.5, 0.6) is 0 Å². The van der Waals surface area contributed by atoms with Crippen molar-refractivity contribution in [3.05, 3.63) is 0 Å². The van der Waals surface area contributed by atoms with Gasteiger partial charge in [-0.15, -0.1) is 0 Å². The summed E-state index contributed by atoms with van der Waals surface area (Å²) in [6.45, 7) is 3.07. The van der Waals surface area contributed by atoms with Crippen LogP contribution in [0, 0.1) is 0 Å². The number of piperazine rings is 1. The quantitative estimate of drug-likeness (QED) is 0.755. The highest BCUT2D eigenvalue weighted by Gasteiger charge is 2.31. The van der Waals surface area contributed by atoms with Gasteiger partial charge in [-0.1, -0.05) is 0 Å². The molecule has 2 rings (SSSR count). The van der Waals surface area contributed by atoms with Gasteiger partial charge >= 0.3 is 0 Å². The van der Waals surface area contributed by atoms with Gasteiger partial charge in [0, 0.05) is 45.8 Å². The molecule has 2 aliphatic rings. The van der Waals surface area contributed by atoms with Crippen LogP contribution in [0.1, 0.15) is 25.7 Å². The van der Waals surface area contributed by atoms with Gasteiger partial charge in [0.1, 0.15) is 6.10 Å². The summed E-state index contributed by atoms with van der Waals surface area (Å²) in [5.74, 6) is 0.137. The first-order chi connectivity index (χ1) is 9.22. The van der Waals surface area contributed by atoms with Gasteiger partial charge in [-0.2, -0.15) is 0 Å². The Labute approximate surface area is 113 Å². The zero-order chi connectivity index (χ0) is 13.7. The van der Waals surface area contributed by atoms with Gasteiger partial charge in [0.25, 0.3) is 5.91 Å². The first kappa shape index (κ1) is 14.3. The minimum Gasteiger partial charge on any atom is -0.396 e. The summed E-state index contributed by atoms with van der Waals surface area (Å²) in [5, 5.41) is 8.71. The van der Waals surface area contributed by atoms with E-state index in [2.05, 4.69) is 0 Å². The normalized spacial score (nSPS) is 23.7. The fourth-order valence-corrected chi connectivity index (χ4v) is 2.54. The van der Waals surface area contributed by atoms with Crippen molar-refractivity contribution in [3.63, 3.8) is 0 Å². The molecule has 0 bridgehead atoms. The molecular formula is C13H22N2O4. The third-order valence-corrected chi connectivity index (χ3v) is 3.70. The first-order valence-corrected chi connectivity index (χ1v) is 7.01. The number of carbonyl (C=O) groups excluding carboxylic acids is 2. The fraction of sp³-hybridized carbons (Fsp3) is 0.846. The monoisotopic (exact) mass is 270 g/mol. The molecule has 0 spiro atoms. The predicted molar refractivity (Wildman–Crippen MR) is 68.5 cm³/mol. The van der Waals surface area contributed by atoms with E-state index in [4.69, 9.17) is 9.84 Å². The van der Waals surface area contributed by atoms with Crippen molar-refractivity contribution in [3.8, 4) is 0 Å². The van der Waals surface area contributed by atoms with Crippen LogP contribution in [0.25, 0.3) is 0 Å². The zero-order valence-electron chi connectivity index (χ0n) is 11.2. The molecule has 2 aliphatic heterocycles. The second kappa shape index (κ2) is 6.86. The van der Waals surface area contributed by atoms with Crippen molar-refractivity contribution in [1.29, 1.82) is 0 Å². The maximum atomic E-state index is 12.1. The van der Waals surface area contributed by atoms with Crippen molar-refractivity contribution in [2.24, 2.45) is 0 Å². The van der Waals surface area contributed by atoms with Crippen LogP contribution in [0.3, 0.4) is 0 Å². The number of aliphatic hydroxyl groups is 1. The summed E-state index contributed by atoms with van der Waals surface area (Å²) >= 11 is 0. The molecule has 0 aliphatic carbocycles. The Morgan fingerprint density at radius 1 is 1.16 bits per heavy atom. The van der Waals surface area contributed by atoms with Gasteiger partial charge < -0.3 is 19.6 Å². The Bertz CT molecular complexity index is 321. The number of hydrogen-bond acceptors (Lipinski definition) is 4. The largest absolute Gasteiger partial charge is 0.396 e. The molecule has 0 aromatic carbocycles. The van der Waals surface area contributed by atoms with Crippen molar-refractivity contribution in [2.75, 3.05) is 39.4 Å². The molecule has 2 fully saturated rings. The molecule has 0 aromatic rings. The Morgan fingerprint density at radius 3 is 2.42 bits per heavy atom. The van der Waals surface area contributed by atoms with E-state index in [1.54, 1.807) is 9.80 Å². The van der Waals surface area contributed by atoms with Crippen LogP contribution in [-0.4, -0.2) is 72.2 Å². The number of amides is 2. The summed E-state index contributed by atoms with van der Waals surface area (Å²) in [6, 6.07) is 0. The molecule has 6 heteroatoms. The van der Waals surface area contributed by atoms with E-state index in [1.807, 2.05) is 0 Å². The highest BCUT2D eigenvalue weighted by atomic mass is 16.5. The van der Waals surface area contributed by atoms with Gasteiger partial charge in [0.15, 0.2) is 0 Å². The van der Waals surface area contributed by atoms with Gasteiger partial charge in [-0.05, 0) is 19.3 Å². The Hall–Kier alpha value is -1.14. The summed E-state index contributed by atoms with van der Waals surface area (Å²) < 4.78 is 5.40. The molecule has 0 aromatic heterocycles. The van der Waals surface area contributed by atoms with Gasteiger partial charge in [0.05, 0.1) is 0 Å². The molecule has 19 heavy (non-hydrogen) atoms. The van der Waals surface area contributed by atoms with Crippen molar-refractivity contribution < 1.29 is 19.4 Å². The standard InChI is InChI=1S/C13H22N2O4/c16-9-1-4-12(17)14-5-7-15(8-6-14)13(18)11-3-2-10-19-11/h11,16H,1-10H2. The van der Waals surface area contributed by atoms with Gasteiger partial charge in [0.2, 0.25) is 5.91 Å². The molecular weight excluding hydrogens is 248 g/mol. The number of rotatable bonds is 4. The smallest absolute Gasteiger partial charge is 0.251 e. The lowest BCUT2D eigenvalue weighted by atomic mass is 10.2. The third-order valence-electron chi connectivity index (χ3n) is 3.70. The van der Waals surface area contributed by atoms with Gasteiger partial charge in [-0.3, -0.25) is 9.59 Å². The second-order valence-electron chi connectivity index (χ2n) is 5.03. The SMILES string of the molecule is O=C(CCCO)N1CCN(C(=O)C2CCCO2)CC1. The lowest BCUT2D eigenvalue weighted by Gasteiger charge is -2.35. The van der Waals surface area contributed by atoms with Crippen molar-refractivity contribution in [1.82, 2.24) is 9.80 Å². The maximum Gasteiger partial charge on any atom is 0.251 e. The van der Waals surface area contributed by atoms with Crippen LogP contribution >= 0.6 is 0 Å². The summed E-state index contributed by atoms with van der Waals surface area (Å²) in [6.07, 6.45) is 2.39. The first-order valence-electron chi connectivity index (χ1n) is 7.01. The lowest BCUT2D eigenvalue weighted by Crippen LogP contribution is -2.52. The van der Waals surface area contributed by atoms with E-state index in [0.29, 0.717) is 45.6 Å². The minimum atomic E-state index is -0.267. The Balaban J connectivity index is 1.75. The molecule has 0 radical (unpaired) electrons. The minimum absolute atomic E-state index is 0.0449. The van der Waals surface area contributed by atoms with E-state index >= 15 is 0 Å². The van der Waals surface area contributed by atoms with E-state index in [9.17, 15) is 9.59 Å². The average Bonchev–Trinajstić information content (AvgIpc) is 2.98.